The molecule has 0 saturated carbocycles. The molecule has 8 N–H and O–H groups in total. The van der Waals surface area contributed by atoms with E-state index in [9.17, 15) is 20.1 Å². The van der Waals surface area contributed by atoms with Crippen molar-refractivity contribution in [2.75, 3.05) is 13.2 Å². The Kier molecular flexibility index (Phi) is 3.68. The van der Waals surface area contributed by atoms with E-state index in [1.807, 2.05) is 0 Å². The van der Waals surface area contributed by atoms with E-state index in [-0.39, 0.29) is 18.5 Å². The van der Waals surface area contributed by atoms with Gasteiger partial charge in [-0.1, -0.05) is 0 Å². The Bertz CT molecular complexity index is 657. The van der Waals surface area contributed by atoms with Crippen molar-refractivity contribution in [1.29, 1.82) is 0 Å². The van der Waals surface area contributed by atoms with Crippen LogP contribution in [0.1, 0.15) is 20.8 Å². The fourth-order valence-electron chi connectivity index (χ4n) is 3.48. The average Bonchev–Trinajstić information content (AvgIpc) is 2.95. The van der Waals surface area contributed by atoms with Crippen LogP contribution in [0.25, 0.3) is 0 Å². The first kappa shape index (κ1) is 17.7. The average molecular weight is 356 g/mol. The molecule has 11 heteroatoms. The van der Waals surface area contributed by atoms with E-state index in [1.165, 1.54) is 4.90 Å². The summed E-state index contributed by atoms with van der Waals surface area (Å²) in [5, 5.41) is 34.2. The first-order valence-corrected chi connectivity index (χ1v) is 7.94. The van der Waals surface area contributed by atoms with Crippen LogP contribution in [0.5, 0.6) is 0 Å². The number of guanidine groups is 2. The molecule has 3 rings (SSSR count). The Hall–Kier alpha value is -2.11. The van der Waals surface area contributed by atoms with Gasteiger partial charge in [-0.25, -0.2) is 9.98 Å². The van der Waals surface area contributed by atoms with E-state index in [2.05, 4.69) is 15.3 Å². The number of aliphatic hydroxyl groups excluding tert-OH is 1. The van der Waals surface area contributed by atoms with Crippen molar-refractivity contribution in [3.63, 3.8) is 0 Å². The molecule has 0 aromatic carbocycles. The lowest BCUT2D eigenvalue weighted by molar-refractivity contribution is -0.264. The molecule has 0 aromatic rings. The van der Waals surface area contributed by atoms with Gasteiger partial charge in [-0.15, -0.1) is 0 Å². The van der Waals surface area contributed by atoms with Crippen molar-refractivity contribution in [1.82, 2.24) is 10.2 Å². The third kappa shape index (κ3) is 2.26. The first-order valence-electron chi connectivity index (χ1n) is 7.94. The fourth-order valence-corrected chi connectivity index (χ4v) is 3.48. The summed E-state index contributed by atoms with van der Waals surface area (Å²) in [5.41, 5.74) is 9.19. The SMILES string of the molecule is CC(C)(C)C(=O)O[C@H]1CN2C(N)=N[C@@H](CO)[C@@H]3N=C(N)N[C@@]32C1(O)O. The van der Waals surface area contributed by atoms with Crippen molar-refractivity contribution < 1.29 is 24.9 Å². The minimum absolute atomic E-state index is 0.0329. The second-order valence-corrected chi connectivity index (χ2v) is 7.57. The molecule has 3 aliphatic rings. The van der Waals surface area contributed by atoms with Crippen molar-refractivity contribution in [2.45, 2.75) is 50.4 Å². The molecule has 3 heterocycles. The highest BCUT2D eigenvalue weighted by Gasteiger charge is 2.74. The van der Waals surface area contributed by atoms with Gasteiger partial charge in [-0.3, -0.25) is 4.79 Å². The summed E-state index contributed by atoms with van der Waals surface area (Å²) in [6.07, 6.45) is -1.32. The van der Waals surface area contributed by atoms with Gasteiger partial charge >= 0.3 is 5.97 Å². The molecule has 0 aliphatic carbocycles. The summed E-state index contributed by atoms with van der Waals surface area (Å²) in [6.45, 7) is 4.43. The highest BCUT2D eigenvalue weighted by Crippen LogP contribution is 2.45. The maximum atomic E-state index is 12.2. The fraction of sp³-hybridized carbons (Fsp3) is 0.786. The zero-order valence-corrected chi connectivity index (χ0v) is 14.3. The number of esters is 1. The number of rotatable bonds is 2. The van der Waals surface area contributed by atoms with E-state index in [1.54, 1.807) is 20.8 Å². The smallest absolute Gasteiger partial charge is 0.311 e. The van der Waals surface area contributed by atoms with Gasteiger partial charge < -0.3 is 41.7 Å². The lowest BCUT2D eigenvalue weighted by atomic mass is 9.86. The topological polar surface area (TPSA) is 179 Å². The number of aliphatic hydroxyl groups is 3. The zero-order chi connectivity index (χ0) is 18.8. The molecular formula is C14H24N6O5. The molecule has 25 heavy (non-hydrogen) atoms. The number of nitrogens with zero attached hydrogens (tertiary/aromatic N) is 3. The zero-order valence-electron chi connectivity index (χ0n) is 14.3. The normalized spacial score (nSPS) is 36.1. The van der Waals surface area contributed by atoms with Crippen molar-refractivity contribution in [3.8, 4) is 0 Å². The van der Waals surface area contributed by atoms with Crippen LogP contribution in [-0.4, -0.2) is 80.9 Å². The van der Waals surface area contributed by atoms with E-state index < -0.39 is 47.6 Å². The monoisotopic (exact) mass is 356 g/mol. The Labute approximate surface area is 144 Å². The number of ether oxygens (including phenoxy) is 1. The van der Waals surface area contributed by atoms with Gasteiger partial charge in [0.15, 0.2) is 23.7 Å². The minimum atomic E-state index is -2.57. The van der Waals surface area contributed by atoms with Crippen LogP contribution < -0.4 is 16.8 Å². The summed E-state index contributed by atoms with van der Waals surface area (Å²) >= 11 is 0. The van der Waals surface area contributed by atoms with Crippen LogP contribution >= 0.6 is 0 Å². The minimum Gasteiger partial charge on any atom is -0.454 e. The number of nitrogens with one attached hydrogen (secondary N) is 1. The number of carbonyl (C=O) groups is 1. The van der Waals surface area contributed by atoms with Gasteiger partial charge in [0.1, 0.15) is 12.1 Å². The lowest BCUT2D eigenvalue weighted by Gasteiger charge is -2.48. The van der Waals surface area contributed by atoms with Crippen LogP contribution in [0.15, 0.2) is 9.98 Å². The second kappa shape index (κ2) is 5.19. The largest absolute Gasteiger partial charge is 0.454 e. The summed E-state index contributed by atoms with van der Waals surface area (Å²) < 4.78 is 5.35. The quantitative estimate of drug-likeness (QED) is 0.217. The van der Waals surface area contributed by atoms with Gasteiger partial charge in [0.25, 0.3) is 0 Å². The molecule has 11 nitrogen and oxygen atoms in total. The molecule has 0 radical (unpaired) electrons. The van der Waals surface area contributed by atoms with Crippen molar-refractivity contribution in [3.05, 3.63) is 0 Å². The molecule has 0 bridgehead atoms. The Morgan fingerprint density at radius 3 is 2.60 bits per heavy atom. The molecule has 1 fully saturated rings. The highest BCUT2D eigenvalue weighted by molar-refractivity contribution is 5.87. The predicted octanol–water partition coefficient (Wildman–Crippen LogP) is -3.39. The summed E-state index contributed by atoms with van der Waals surface area (Å²) in [5.74, 6) is -3.25. The molecule has 1 spiro atoms. The van der Waals surface area contributed by atoms with E-state index in [0.717, 1.165) is 0 Å². The molecule has 0 aromatic heterocycles. The van der Waals surface area contributed by atoms with Gasteiger partial charge in [-0.05, 0) is 20.8 Å². The molecule has 3 aliphatic heterocycles. The molecular weight excluding hydrogens is 332 g/mol. The third-order valence-electron chi connectivity index (χ3n) is 4.80. The number of hydrogen-bond donors (Lipinski definition) is 6. The Morgan fingerprint density at radius 1 is 1.40 bits per heavy atom. The van der Waals surface area contributed by atoms with Crippen LogP contribution in [0.3, 0.4) is 0 Å². The molecule has 140 valence electrons. The van der Waals surface area contributed by atoms with Crippen LogP contribution in [0.2, 0.25) is 0 Å². The van der Waals surface area contributed by atoms with Gasteiger partial charge in [0.05, 0.1) is 18.6 Å². The summed E-state index contributed by atoms with van der Waals surface area (Å²) in [6, 6.07) is -1.74. The predicted molar refractivity (Wildman–Crippen MR) is 87.0 cm³/mol. The van der Waals surface area contributed by atoms with Crippen LogP contribution in [0.4, 0.5) is 0 Å². The number of hydrogen-bond acceptors (Lipinski definition) is 11. The number of aliphatic imine (C=N–C) groups is 2. The van der Waals surface area contributed by atoms with E-state index in [4.69, 9.17) is 16.2 Å². The van der Waals surface area contributed by atoms with Gasteiger partial charge in [0, 0.05) is 0 Å². The third-order valence-corrected chi connectivity index (χ3v) is 4.80. The van der Waals surface area contributed by atoms with Crippen LogP contribution in [-0.2, 0) is 9.53 Å². The van der Waals surface area contributed by atoms with Gasteiger partial charge in [0.2, 0.25) is 5.79 Å². The van der Waals surface area contributed by atoms with Crippen molar-refractivity contribution in [2.24, 2.45) is 26.9 Å². The van der Waals surface area contributed by atoms with E-state index in [0.29, 0.717) is 0 Å². The summed E-state index contributed by atoms with van der Waals surface area (Å²) in [7, 11) is 0. The first-order chi connectivity index (χ1) is 11.4. The summed E-state index contributed by atoms with van der Waals surface area (Å²) in [4.78, 5) is 21.9. The number of carbonyl (C=O) groups excluding carboxylic acids is 1. The maximum absolute atomic E-state index is 12.2. The highest BCUT2D eigenvalue weighted by atomic mass is 16.6. The molecule has 0 unspecified atom stereocenters. The maximum Gasteiger partial charge on any atom is 0.311 e. The van der Waals surface area contributed by atoms with E-state index >= 15 is 0 Å². The molecule has 4 atom stereocenters. The van der Waals surface area contributed by atoms with Gasteiger partial charge in [-0.2, -0.15) is 0 Å². The molecule has 0 amide bonds. The molecule has 1 saturated heterocycles. The second-order valence-electron chi connectivity index (χ2n) is 7.57. The Morgan fingerprint density at radius 2 is 2.04 bits per heavy atom. The standard InChI is InChI=1S/C14H24N6O5/c1-12(2,3)9(22)25-7-4-20-11(16)17-6(5-21)8-13(20,14(7,23)24)19-10(15)18-8/h6-8,21,23-24H,4-5H2,1-3H3,(H2,16,17)(H3,15,18,19)/t6-,7-,8-,13-/m0/s1. The Balaban J connectivity index is 2.02. The number of nitrogens with two attached hydrogens (primary N) is 2. The van der Waals surface area contributed by atoms with Crippen LogP contribution in [0, 0.1) is 5.41 Å². The lowest BCUT2D eigenvalue weighted by Crippen LogP contribution is -2.77. The van der Waals surface area contributed by atoms with Crippen molar-refractivity contribution >= 4 is 17.9 Å².